The van der Waals surface area contributed by atoms with Gasteiger partial charge >= 0.3 is 0 Å². The molecule has 0 atom stereocenters. The van der Waals surface area contributed by atoms with E-state index in [0.29, 0.717) is 4.90 Å². The number of nitrogens with zero attached hydrogens (tertiary/aromatic N) is 1. The van der Waals surface area contributed by atoms with E-state index < -0.39 is 8.87 Å². The van der Waals surface area contributed by atoms with Crippen molar-refractivity contribution in [3.63, 3.8) is 0 Å². The second-order valence-corrected chi connectivity index (χ2v) is 8.27. The fourth-order valence-electron chi connectivity index (χ4n) is 2.12. The Morgan fingerprint density at radius 1 is 0.950 bits per heavy atom. The predicted molar refractivity (Wildman–Crippen MR) is 82.4 cm³/mol. The van der Waals surface area contributed by atoms with Crippen molar-refractivity contribution < 1.29 is 8.42 Å². The summed E-state index contributed by atoms with van der Waals surface area (Å²) >= 11 is 0. The van der Waals surface area contributed by atoms with Gasteiger partial charge in [0, 0.05) is 39.8 Å². The van der Waals surface area contributed by atoms with Crippen molar-refractivity contribution in [1.82, 2.24) is 4.57 Å². The van der Waals surface area contributed by atoms with Crippen LogP contribution in [0.1, 0.15) is 0 Å². The van der Waals surface area contributed by atoms with Crippen LogP contribution in [-0.4, -0.2) is 13.0 Å². The van der Waals surface area contributed by atoms with Crippen LogP contribution in [0.25, 0.3) is 10.9 Å². The fraction of sp³-hybridized carbons (Fsp3) is 0.0667. The molecule has 0 amide bonds. The third-order valence-electron chi connectivity index (χ3n) is 3.09. The van der Waals surface area contributed by atoms with Gasteiger partial charge in [-0.3, -0.25) is 0 Å². The average molecular weight is 303 g/mol. The third-order valence-corrected chi connectivity index (χ3v) is 6.44. The molecule has 2 aromatic carbocycles. The van der Waals surface area contributed by atoms with Gasteiger partial charge in [0.15, 0.2) is 0 Å². The zero-order chi connectivity index (χ0) is 14.2. The van der Waals surface area contributed by atoms with Crippen molar-refractivity contribution in [2.24, 2.45) is 7.05 Å². The zero-order valence-corrected chi connectivity index (χ0v) is 12.5. The number of hydrogen-bond donors (Lipinski definition) is 0. The lowest BCUT2D eigenvalue weighted by Gasteiger charge is -2.02. The van der Waals surface area contributed by atoms with Gasteiger partial charge in [-0.15, -0.1) is 0 Å². The molecule has 20 heavy (non-hydrogen) atoms. The lowest BCUT2D eigenvalue weighted by atomic mass is 10.2. The maximum atomic E-state index is 12.4. The molecule has 3 aromatic rings. The molecule has 0 spiro atoms. The highest BCUT2D eigenvalue weighted by Crippen LogP contribution is 2.36. The fourth-order valence-corrected chi connectivity index (χ4v) is 5.14. The highest BCUT2D eigenvalue weighted by atomic mass is 33.1. The van der Waals surface area contributed by atoms with Gasteiger partial charge in [0.05, 0.1) is 4.90 Å². The van der Waals surface area contributed by atoms with Crippen LogP contribution in [0.5, 0.6) is 0 Å². The summed E-state index contributed by atoms with van der Waals surface area (Å²) in [6.07, 6.45) is 1.86. The molecule has 0 aliphatic carbocycles. The summed E-state index contributed by atoms with van der Waals surface area (Å²) < 4.78 is 26.8. The second-order valence-electron chi connectivity index (χ2n) is 4.47. The van der Waals surface area contributed by atoms with Crippen LogP contribution < -0.4 is 0 Å². The van der Waals surface area contributed by atoms with E-state index in [2.05, 4.69) is 0 Å². The first-order chi connectivity index (χ1) is 9.58. The molecule has 1 heterocycles. The van der Waals surface area contributed by atoms with E-state index in [0.717, 1.165) is 26.6 Å². The van der Waals surface area contributed by atoms with Crippen LogP contribution in [0.2, 0.25) is 0 Å². The molecule has 0 fully saturated rings. The van der Waals surface area contributed by atoms with Gasteiger partial charge in [-0.05, 0) is 18.2 Å². The Balaban J connectivity index is 2.06. The molecule has 102 valence electrons. The first-order valence-electron chi connectivity index (χ1n) is 6.11. The van der Waals surface area contributed by atoms with Crippen molar-refractivity contribution in [3.05, 3.63) is 60.8 Å². The van der Waals surface area contributed by atoms with E-state index in [-0.39, 0.29) is 0 Å². The highest BCUT2D eigenvalue weighted by molar-refractivity contribution is 8.72. The Labute approximate surface area is 121 Å². The third kappa shape index (κ3) is 2.34. The molecule has 0 saturated heterocycles. The van der Waals surface area contributed by atoms with Crippen LogP contribution in [-0.2, 0) is 15.9 Å². The smallest absolute Gasteiger partial charge is 0.234 e. The molecule has 0 unspecified atom stereocenters. The zero-order valence-electron chi connectivity index (χ0n) is 10.9. The van der Waals surface area contributed by atoms with Gasteiger partial charge in [-0.2, -0.15) is 0 Å². The Morgan fingerprint density at radius 3 is 2.35 bits per heavy atom. The molecule has 0 saturated carbocycles. The van der Waals surface area contributed by atoms with E-state index in [1.807, 2.05) is 48.1 Å². The molecule has 0 aliphatic heterocycles. The molecule has 0 radical (unpaired) electrons. The number of hydrogen-bond acceptors (Lipinski definition) is 3. The van der Waals surface area contributed by atoms with Gasteiger partial charge in [-0.1, -0.05) is 36.4 Å². The molecule has 0 aliphatic rings. The van der Waals surface area contributed by atoms with E-state index in [1.54, 1.807) is 24.3 Å². The summed E-state index contributed by atoms with van der Waals surface area (Å²) in [7, 11) is -0.569. The topological polar surface area (TPSA) is 39.1 Å². The molecular formula is C15H13NO2S2. The van der Waals surface area contributed by atoms with Crippen molar-refractivity contribution in [1.29, 1.82) is 0 Å². The molecular weight excluding hydrogens is 290 g/mol. The van der Waals surface area contributed by atoms with Crippen LogP contribution in [0.4, 0.5) is 0 Å². The largest absolute Gasteiger partial charge is 0.349 e. The summed E-state index contributed by atoms with van der Waals surface area (Å²) in [5.41, 5.74) is 1.03. The molecule has 1 aromatic heterocycles. The number of aromatic nitrogens is 1. The van der Waals surface area contributed by atoms with E-state index in [9.17, 15) is 8.42 Å². The second kappa shape index (κ2) is 5.00. The molecule has 0 bridgehead atoms. The number of para-hydroxylation sites is 1. The van der Waals surface area contributed by atoms with Crippen molar-refractivity contribution in [2.45, 2.75) is 9.79 Å². The van der Waals surface area contributed by atoms with Gasteiger partial charge in [0.1, 0.15) is 0 Å². The summed E-state index contributed by atoms with van der Waals surface area (Å²) in [5, 5.41) is 0.958. The van der Waals surface area contributed by atoms with Gasteiger partial charge in [0.25, 0.3) is 0 Å². The number of aryl methyl sites for hydroxylation is 1. The monoisotopic (exact) mass is 303 g/mol. The number of benzene rings is 2. The maximum absolute atomic E-state index is 12.4. The standard InChI is InChI=1S/C15H13NO2S2/c1-16-11-15(13-9-5-6-10-14(13)16)19-20(17,18)12-7-3-2-4-8-12/h2-11H,1H3. The molecule has 3 rings (SSSR count). The SMILES string of the molecule is Cn1cc(SS(=O)(=O)c2ccccc2)c2ccccc21. The Morgan fingerprint density at radius 2 is 1.60 bits per heavy atom. The predicted octanol–water partition coefficient (Wildman–Crippen LogP) is 3.66. The Kier molecular flexibility index (Phi) is 3.31. The summed E-state index contributed by atoms with van der Waals surface area (Å²) in [4.78, 5) is 1.09. The first-order valence-corrected chi connectivity index (χ1v) is 8.93. The molecule has 0 N–H and O–H groups in total. The van der Waals surface area contributed by atoms with Gasteiger partial charge in [0.2, 0.25) is 8.87 Å². The van der Waals surface area contributed by atoms with Crippen LogP contribution in [0, 0.1) is 0 Å². The lowest BCUT2D eigenvalue weighted by molar-refractivity contribution is 0.610. The molecule has 5 heteroatoms. The van der Waals surface area contributed by atoms with Gasteiger partial charge < -0.3 is 4.57 Å². The molecule has 3 nitrogen and oxygen atoms in total. The van der Waals surface area contributed by atoms with Crippen LogP contribution >= 0.6 is 10.8 Å². The summed E-state index contributed by atoms with van der Waals surface area (Å²) in [6, 6.07) is 16.3. The highest BCUT2D eigenvalue weighted by Gasteiger charge is 2.19. The van der Waals surface area contributed by atoms with Crippen molar-refractivity contribution >= 4 is 30.6 Å². The summed E-state index contributed by atoms with van der Waals surface area (Å²) in [6.45, 7) is 0. The Hall–Kier alpha value is -1.72. The van der Waals surface area contributed by atoms with E-state index >= 15 is 0 Å². The van der Waals surface area contributed by atoms with Crippen molar-refractivity contribution in [2.75, 3.05) is 0 Å². The number of fused-ring (bicyclic) bond motifs is 1. The van der Waals surface area contributed by atoms with Crippen LogP contribution in [0.3, 0.4) is 0 Å². The minimum Gasteiger partial charge on any atom is -0.349 e. The van der Waals surface area contributed by atoms with Crippen molar-refractivity contribution in [3.8, 4) is 0 Å². The Bertz CT molecular complexity index is 852. The van der Waals surface area contributed by atoms with E-state index in [4.69, 9.17) is 0 Å². The summed E-state index contributed by atoms with van der Waals surface area (Å²) in [5.74, 6) is 0. The minimum absolute atomic E-state index is 0.331. The van der Waals surface area contributed by atoms with Gasteiger partial charge in [-0.25, -0.2) is 8.42 Å². The quantitative estimate of drug-likeness (QED) is 0.693. The lowest BCUT2D eigenvalue weighted by Crippen LogP contribution is -1.94. The normalized spacial score (nSPS) is 11.8. The minimum atomic E-state index is -3.39. The average Bonchev–Trinajstić information content (AvgIpc) is 2.76. The first kappa shape index (κ1) is 13.3. The number of rotatable bonds is 3. The maximum Gasteiger partial charge on any atom is 0.234 e. The van der Waals surface area contributed by atoms with Crippen LogP contribution in [0.15, 0.2) is 70.6 Å². The van der Waals surface area contributed by atoms with E-state index in [1.165, 1.54) is 0 Å².